The number of halogens is 2. The summed E-state index contributed by atoms with van der Waals surface area (Å²) in [6.45, 7) is 4.26. The molecule has 0 unspecified atom stereocenters. The van der Waals surface area contributed by atoms with Crippen molar-refractivity contribution in [2.24, 2.45) is 4.99 Å². The molecule has 0 saturated carbocycles. The minimum Gasteiger partial charge on any atom is -0.493 e. The highest BCUT2D eigenvalue weighted by Crippen LogP contribution is 2.33. The zero-order chi connectivity index (χ0) is 19.6. The van der Waals surface area contributed by atoms with Crippen LogP contribution in [-0.2, 0) is 6.54 Å². The highest BCUT2D eigenvalue weighted by atomic mass is 35.5. The maximum Gasteiger partial charge on any atom is 0.281 e. The van der Waals surface area contributed by atoms with E-state index in [0.29, 0.717) is 32.9 Å². The molecule has 0 aliphatic carbocycles. The van der Waals surface area contributed by atoms with E-state index >= 15 is 0 Å². The van der Waals surface area contributed by atoms with Crippen LogP contribution < -0.4 is 14.3 Å². The van der Waals surface area contributed by atoms with Crippen molar-refractivity contribution < 1.29 is 14.3 Å². The summed E-state index contributed by atoms with van der Waals surface area (Å²) in [5, 5.41) is 0.718. The molecule has 27 heavy (non-hydrogen) atoms. The molecule has 0 N–H and O–H groups in total. The van der Waals surface area contributed by atoms with Crippen molar-refractivity contribution >= 4 is 50.7 Å². The molecule has 0 aliphatic heterocycles. The predicted octanol–water partition coefficient (Wildman–Crippen LogP) is 4.95. The van der Waals surface area contributed by atoms with Crippen LogP contribution in [0.2, 0.25) is 10.0 Å². The molecular weight excluding hydrogens is 407 g/mol. The molecule has 5 nitrogen and oxygen atoms in total. The first-order valence-corrected chi connectivity index (χ1v) is 9.46. The molecule has 3 aromatic rings. The number of rotatable bonds is 5. The quantitative estimate of drug-likeness (QED) is 0.546. The Labute approximate surface area is 170 Å². The Hall–Kier alpha value is -2.28. The third-order valence-corrected chi connectivity index (χ3v) is 5.46. The summed E-state index contributed by atoms with van der Waals surface area (Å²) in [4.78, 5) is 17.5. The topological polar surface area (TPSA) is 52.8 Å². The van der Waals surface area contributed by atoms with Crippen LogP contribution >= 0.6 is 34.5 Å². The summed E-state index contributed by atoms with van der Waals surface area (Å²) in [6.07, 6.45) is 1.73. The number of fused-ring (bicyclic) bond motifs is 1. The first-order valence-electron chi connectivity index (χ1n) is 7.88. The predicted molar refractivity (Wildman–Crippen MR) is 109 cm³/mol. The van der Waals surface area contributed by atoms with E-state index < -0.39 is 5.91 Å². The van der Waals surface area contributed by atoms with Crippen molar-refractivity contribution in [2.75, 3.05) is 14.2 Å². The summed E-state index contributed by atoms with van der Waals surface area (Å²) >= 11 is 13.5. The van der Waals surface area contributed by atoms with E-state index in [1.54, 1.807) is 32.4 Å². The van der Waals surface area contributed by atoms with Crippen LogP contribution in [0.15, 0.2) is 48.0 Å². The molecule has 8 heteroatoms. The Morgan fingerprint density at radius 3 is 2.59 bits per heavy atom. The van der Waals surface area contributed by atoms with Gasteiger partial charge in [0.1, 0.15) is 0 Å². The number of amides is 1. The second-order valence-electron chi connectivity index (χ2n) is 5.50. The summed E-state index contributed by atoms with van der Waals surface area (Å²) in [7, 11) is 3.15. The van der Waals surface area contributed by atoms with Crippen LogP contribution in [0.3, 0.4) is 0 Å². The van der Waals surface area contributed by atoms with E-state index in [-0.39, 0.29) is 5.56 Å². The van der Waals surface area contributed by atoms with Crippen molar-refractivity contribution in [3.8, 4) is 11.5 Å². The number of aromatic nitrogens is 1. The second-order valence-corrected chi connectivity index (χ2v) is 7.35. The van der Waals surface area contributed by atoms with E-state index in [0.717, 1.165) is 10.2 Å². The van der Waals surface area contributed by atoms with Gasteiger partial charge < -0.3 is 14.0 Å². The monoisotopic (exact) mass is 422 g/mol. The number of benzene rings is 2. The van der Waals surface area contributed by atoms with Crippen LogP contribution in [0.1, 0.15) is 10.4 Å². The Balaban J connectivity index is 2.21. The molecule has 0 aliphatic rings. The molecule has 0 saturated heterocycles. The Morgan fingerprint density at radius 1 is 1.22 bits per heavy atom. The molecule has 0 atom stereocenters. The number of thiazole rings is 1. The standard InChI is InChI=1S/C19H16Cl2N2O3S/c1-4-7-23-14-9-15(25-2)16(26-3)10-17(14)27-19(23)22-18(24)12-8-11(20)5-6-13(12)21/h4-6,8-10H,1,7H2,2-3H3. The lowest BCUT2D eigenvalue weighted by atomic mass is 10.2. The molecule has 0 radical (unpaired) electrons. The molecule has 3 rings (SSSR count). The fourth-order valence-electron chi connectivity index (χ4n) is 2.60. The van der Waals surface area contributed by atoms with Gasteiger partial charge in [0, 0.05) is 23.7 Å². The largest absolute Gasteiger partial charge is 0.493 e. The van der Waals surface area contributed by atoms with Gasteiger partial charge in [-0.3, -0.25) is 4.79 Å². The number of allylic oxidation sites excluding steroid dienone is 1. The number of ether oxygens (including phenoxy) is 2. The van der Waals surface area contributed by atoms with Crippen LogP contribution in [0, 0.1) is 0 Å². The lowest BCUT2D eigenvalue weighted by molar-refractivity contribution is 0.0998. The minimum atomic E-state index is -0.467. The van der Waals surface area contributed by atoms with Gasteiger partial charge in [0.25, 0.3) is 5.91 Å². The van der Waals surface area contributed by atoms with Crippen molar-refractivity contribution in [1.29, 1.82) is 0 Å². The Morgan fingerprint density at radius 2 is 1.93 bits per heavy atom. The lowest BCUT2D eigenvalue weighted by Gasteiger charge is -2.08. The minimum absolute atomic E-state index is 0.252. The highest BCUT2D eigenvalue weighted by Gasteiger charge is 2.14. The summed E-state index contributed by atoms with van der Waals surface area (Å²) in [6, 6.07) is 8.41. The van der Waals surface area contributed by atoms with Crippen molar-refractivity contribution in [2.45, 2.75) is 6.54 Å². The van der Waals surface area contributed by atoms with Crippen molar-refractivity contribution in [1.82, 2.24) is 4.57 Å². The number of carbonyl (C=O) groups is 1. The van der Waals surface area contributed by atoms with Gasteiger partial charge in [0.05, 0.1) is 35.0 Å². The summed E-state index contributed by atoms with van der Waals surface area (Å²) in [5.41, 5.74) is 1.11. The summed E-state index contributed by atoms with van der Waals surface area (Å²) in [5.74, 6) is 0.731. The van der Waals surface area contributed by atoms with Gasteiger partial charge in [-0.2, -0.15) is 4.99 Å². The van der Waals surface area contributed by atoms with E-state index in [9.17, 15) is 4.79 Å². The molecular formula is C19H16Cl2N2O3S. The van der Waals surface area contributed by atoms with Gasteiger partial charge in [-0.25, -0.2) is 0 Å². The zero-order valence-corrected chi connectivity index (χ0v) is 17.0. The number of hydrogen-bond donors (Lipinski definition) is 0. The van der Waals surface area contributed by atoms with E-state index in [1.165, 1.54) is 17.4 Å². The van der Waals surface area contributed by atoms with Crippen molar-refractivity contribution in [3.63, 3.8) is 0 Å². The van der Waals surface area contributed by atoms with Gasteiger partial charge >= 0.3 is 0 Å². The maximum atomic E-state index is 12.7. The molecule has 0 spiro atoms. The molecule has 140 valence electrons. The normalized spacial score (nSPS) is 11.6. The first-order chi connectivity index (χ1) is 13.0. The molecule has 0 fully saturated rings. The first kappa shape index (κ1) is 19.5. The van der Waals surface area contributed by atoms with E-state index in [4.69, 9.17) is 32.7 Å². The lowest BCUT2D eigenvalue weighted by Crippen LogP contribution is -2.16. The van der Waals surface area contributed by atoms with E-state index in [2.05, 4.69) is 11.6 Å². The van der Waals surface area contributed by atoms with Gasteiger partial charge in [-0.1, -0.05) is 40.6 Å². The Bertz CT molecular complexity index is 1100. The molecule has 0 bridgehead atoms. The van der Waals surface area contributed by atoms with E-state index in [1.807, 2.05) is 16.7 Å². The van der Waals surface area contributed by atoms with Crippen molar-refractivity contribution in [3.05, 3.63) is 63.4 Å². The summed E-state index contributed by atoms with van der Waals surface area (Å²) < 4.78 is 13.5. The molecule has 1 amide bonds. The third-order valence-electron chi connectivity index (χ3n) is 3.86. The molecule has 1 aromatic heterocycles. The van der Waals surface area contributed by atoms with Gasteiger partial charge in [-0.15, -0.1) is 6.58 Å². The van der Waals surface area contributed by atoms with Crippen LogP contribution in [0.5, 0.6) is 11.5 Å². The van der Waals surface area contributed by atoms with Gasteiger partial charge in [0.2, 0.25) is 0 Å². The van der Waals surface area contributed by atoms with Crippen LogP contribution in [-0.4, -0.2) is 24.7 Å². The number of methoxy groups -OCH3 is 2. The smallest absolute Gasteiger partial charge is 0.281 e. The number of hydrogen-bond acceptors (Lipinski definition) is 4. The highest BCUT2D eigenvalue weighted by molar-refractivity contribution is 7.16. The van der Waals surface area contributed by atoms with Crippen LogP contribution in [0.4, 0.5) is 0 Å². The average molecular weight is 423 g/mol. The Kier molecular flexibility index (Phi) is 5.89. The second kappa shape index (κ2) is 8.17. The maximum absolute atomic E-state index is 12.7. The third kappa shape index (κ3) is 3.88. The molecule has 1 heterocycles. The number of nitrogens with zero attached hydrogens (tertiary/aromatic N) is 2. The van der Waals surface area contributed by atoms with Gasteiger partial charge in [0.15, 0.2) is 16.3 Å². The molecule has 2 aromatic carbocycles. The van der Waals surface area contributed by atoms with Gasteiger partial charge in [-0.05, 0) is 18.2 Å². The number of carbonyl (C=O) groups excluding carboxylic acids is 1. The SMILES string of the molecule is C=CCn1c(=NC(=O)c2cc(Cl)ccc2Cl)sc2cc(OC)c(OC)cc21. The fraction of sp³-hybridized carbons (Fsp3) is 0.158. The fourth-order valence-corrected chi connectivity index (χ4v) is 4.01. The van der Waals surface area contributed by atoms with Crippen LogP contribution in [0.25, 0.3) is 10.2 Å². The zero-order valence-electron chi connectivity index (χ0n) is 14.7. The average Bonchev–Trinajstić information content (AvgIpc) is 2.98.